The molecule has 2 aliphatic rings. The number of nitrogens with zero attached hydrogens (tertiary/aromatic N) is 2. The highest BCUT2D eigenvalue weighted by molar-refractivity contribution is 5.93. The first-order valence-electron chi connectivity index (χ1n) is 11.7. The molecule has 1 saturated carbocycles. The zero-order valence-corrected chi connectivity index (χ0v) is 18.9. The van der Waals surface area contributed by atoms with Crippen LogP contribution in [0.3, 0.4) is 0 Å². The molecule has 1 aromatic carbocycles. The van der Waals surface area contributed by atoms with Gasteiger partial charge < -0.3 is 20.4 Å². The normalized spacial score (nSPS) is 20.6. The molecule has 2 N–H and O–H groups in total. The molecule has 7 nitrogen and oxygen atoms in total. The van der Waals surface area contributed by atoms with Crippen molar-refractivity contribution in [2.45, 2.75) is 64.3 Å². The largest absolute Gasteiger partial charge is 0.341 e. The van der Waals surface area contributed by atoms with Crippen molar-refractivity contribution in [3.05, 3.63) is 30.3 Å². The molecule has 0 bridgehead atoms. The average Bonchev–Trinajstić information content (AvgIpc) is 2.81. The number of likely N-dealkylation sites (N-methyl/N-ethyl adjacent to an activating group) is 1. The minimum absolute atomic E-state index is 0.0417. The molecule has 7 heteroatoms. The maximum atomic E-state index is 13.3. The lowest BCUT2D eigenvalue weighted by molar-refractivity contribution is -0.144. The minimum atomic E-state index is -0.796. The van der Waals surface area contributed by atoms with E-state index in [1.165, 1.54) is 0 Å². The Labute approximate surface area is 185 Å². The van der Waals surface area contributed by atoms with Gasteiger partial charge in [-0.05, 0) is 51.7 Å². The third kappa shape index (κ3) is 5.57. The zero-order chi connectivity index (χ0) is 22.3. The second-order valence-corrected chi connectivity index (χ2v) is 8.69. The third-order valence-electron chi connectivity index (χ3n) is 6.63. The van der Waals surface area contributed by atoms with Crippen molar-refractivity contribution in [2.75, 3.05) is 31.5 Å². The van der Waals surface area contributed by atoms with E-state index in [2.05, 4.69) is 10.6 Å². The van der Waals surface area contributed by atoms with Gasteiger partial charge in [0.2, 0.25) is 11.8 Å². The molecular weight excluding hydrogens is 392 g/mol. The van der Waals surface area contributed by atoms with E-state index in [4.69, 9.17) is 0 Å². The Morgan fingerprint density at radius 1 is 1.03 bits per heavy atom. The van der Waals surface area contributed by atoms with E-state index in [-0.39, 0.29) is 23.8 Å². The fourth-order valence-electron chi connectivity index (χ4n) is 4.80. The van der Waals surface area contributed by atoms with Gasteiger partial charge >= 0.3 is 6.03 Å². The number of hydrogen-bond acceptors (Lipinski definition) is 3. The third-order valence-corrected chi connectivity index (χ3v) is 6.63. The summed E-state index contributed by atoms with van der Waals surface area (Å²) in [4.78, 5) is 42.8. The van der Waals surface area contributed by atoms with Crippen LogP contribution in [0.15, 0.2) is 30.3 Å². The number of likely N-dealkylation sites (tertiary alicyclic amines) is 1. The van der Waals surface area contributed by atoms with Crippen molar-refractivity contribution in [3.63, 3.8) is 0 Å². The number of hydrogen-bond donors (Lipinski definition) is 2. The van der Waals surface area contributed by atoms with Crippen molar-refractivity contribution in [2.24, 2.45) is 5.92 Å². The van der Waals surface area contributed by atoms with Crippen LogP contribution < -0.4 is 10.6 Å². The first kappa shape index (κ1) is 23.1. The summed E-state index contributed by atoms with van der Waals surface area (Å²) in [6.07, 6.45) is 5.89. The highest BCUT2D eigenvalue weighted by atomic mass is 16.2. The summed E-state index contributed by atoms with van der Waals surface area (Å²) < 4.78 is 0. The Morgan fingerprint density at radius 3 is 2.35 bits per heavy atom. The highest BCUT2D eigenvalue weighted by Crippen LogP contribution is 2.31. The van der Waals surface area contributed by atoms with E-state index in [9.17, 15) is 14.4 Å². The molecule has 4 amide bonds. The summed E-state index contributed by atoms with van der Waals surface area (Å²) in [5.41, 5.74) is -0.0549. The fraction of sp³-hybridized carbons (Fsp3) is 0.625. The quantitative estimate of drug-likeness (QED) is 0.726. The predicted molar refractivity (Wildman–Crippen MR) is 122 cm³/mol. The molecule has 1 atom stereocenters. The molecule has 170 valence electrons. The Bertz CT molecular complexity index is 757. The van der Waals surface area contributed by atoms with Gasteiger partial charge in [-0.25, -0.2) is 4.79 Å². The van der Waals surface area contributed by atoms with Gasteiger partial charge in [-0.1, -0.05) is 37.5 Å². The number of carbonyl (C=O) groups is 3. The summed E-state index contributed by atoms with van der Waals surface area (Å²) in [7, 11) is 0. The summed E-state index contributed by atoms with van der Waals surface area (Å²) in [5, 5.41) is 6.07. The van der Waals surface area contributed by atoms with Crippen molar-refractivity contribution in [1.82, 2.24) is 15.1 Å². The van der Waals surface area contributed by atoms with Crippen LogP contribution in [0.1, 0.15) is 58.8 Å². The Hall–Kier alpha value is -2.57. The van der Waals surface area contributed by atoms with Crippen LogP contribution in [0, 0.1) is 5.92 Å². The summed E-state index contributed by atoms with van der Waals surface area (Å²) in [5.74, 6) is -0.349. The van der Waals surface area contributed by atoms with Crippen molar-refractivity contribution < 1.29 is 14.4 Å². The molecule has 31 heavy (non-hydrogen) atoms. The molecule has 1 aliphatic carbocycles. The number of benzene rings is 1. The SMILES string of the molecule is CCN(CC)C(=O)C1(NC(=O)C2CCCN(C(=O)Nc3ccccc3)C2)CCCCC1. The lowest BCUT2D eigenvalue weighted by Crippen LogP contribution is -2.62. The van der Waals surface area contributed by atoms with E-state index in [1.54, 1.807) is 4.90 Å². The average molecular weight is 429 g/mol. The van der Waals surface area contributed by atoms with Crippen LogP contribution in [-0.4, -0.2) is 59.4 Å². The molecule has 1 heterocycles. The lowest BCUT2D eigenvalue weighted by atomic mass is 9.79. The standard InChI is InChI=1S/C24H36N4O3/c1-3-27(4-2)22(30)24(15-9-6-10-16-24)26-21(29)19-12-11-17-28(18-19)23(31)25-20-13-7-5-8-14-20/h5,7-8,13-14,19H,3-4,6,9-12,15-18H2,1-2H3,(H,25,31)(H,26,29). The van der Waals surface area contributed by atoms with Gasteiger partial charge in [0, 0.05) is 31.9 Å². The van der Waals surface area contributed by atoms with Gasteiger partial charge in [0.1, 0.15) is 5.54 Å². The first-order valence-corrected chi connectivity index (χ1v) is 11.7. The summed E-state index contributed by atoms with van der Waals surface area (Å²) in [6.45, 7) is 6.24. The van der Waals surface area contributed by atoms with Crippen LogP contribution >= 0.6 is 0 Å². The van der Waals surface area contributed by atoms with Gasteiger partial charge in [0.25, 0.3) is 0 Å². The first-order chi connectivity index (χ1) is 15.0. The number of para-hydroxylation sites is 1. The Kier molecular flexibility index (Phi) is 7.93. The fourth-order valence-corrected chi connectivity index (χ4v) is 4.80. The molecule has 1 saturated heterocycles. The number of amides is 4. The number of urea groups is 1. The van der Waals surface area contributed by atoms with Gasteiger partial charge in [0.15, 0.2) is 0 Å². The van der Waals surface area contributed by atoms with E-state index in [0.29, 0.717) is 39.0 Å². The molecule has 1 unspecified atom stereocenters. The molecule has 0 radical (unpaired) electrons. The number of piperidine rings is 1. The van der Waals surface area contributed by atoms with Gasteiger partial charge in [-0.15, -0.1) is 0 Å². The van der Waals surface area contributed by atoms with Gasteiger partial charge in [-0.3, -0.25) is 9.59 Å². The molecular formula is C24H36N4O3. The van der Waals surface area contributed by atoms with Crippen LogP contribution in [0.4, 0.5) is 10.5 Å². The van der Waals surface area contributed by atoms with Crippen molar-refractivity contribution >= 4 is 23.5 Å². The van der Waals surface area contributed by atoms with Crippen LogP contribution in [0.25, 0.3) is 0 Å². The molecule has 0 spiro atoms. The van der Waals surface area contributed by atoms with Crippen molar-refractivity contribution in [3.8, 4) is 0 Å². The predicted octanol–water partition coefficient (Wildman–Crippen LogP) is 3.62. The maximum Gasteiger partial charge on any atom is 0.321 e. The van der Waals surface area contributed by atoms with Gasteiger partial charge in [-0.2, -0.15) is 0 Å². The van der Waals surface area contributed by atoms with E-state index in [0.717, 1.165) is 37.8 Å². The summed E-state index contributed by atoms with van der Waals surface area (Å²) in [6, 6.07) is 9.15. The smallest absolute Gasteiger partial charge is 0.321 e. The number of carbonyl (C=O) groups excluding carboxylic acids is 3. The molecule has 1 aliphatic heterocycles. The highest BCUT2D eigenvalue weighted by Gasteiger charge is 2.44. The topological polar surface area (TPSA) is 81.8 Å². The van der Waals surface area contributed by atoms with Gasteiger partial charge in [0.05, 0.1) is 5.92 Å². The second-order valence-electron chi connectivity index (χ2n) is 8.69. The minimum Gasteiger partial charge on any atom is -0.341 e. The van der Waals surface area contributed by atoms with Crippen LogP contribution in [0.2, 0.25) is 0 Å². The number of nitrogens with one attached hydrogen (secondary N) is 2. The molecule has 1 aromatic rings. The number of anilines is 1. The number of rotatable bonds is 6. The Balaban J connectivity index is 1.66. The zero-order valence-electron chi connectivity index (χ0n) is 18.9. The summed E-state index contributed by atoms with van der Waals surface area (Å²) >= 11 is 0. The molecule has 2 fully saturated rings. The van der Waals surface area contributed by atoms with E-state index >= 15 is 0 Å². The lowest BCUT2D eigenvalue weighted by Gasteiger charge is -2.41. The van der Waals surface area contributed by atoms with Crippen LogP contribution in [-0.2, 0) is 9.59 Å². The van der Waals surface area contributed by atoms with E-state index < -0.39 is 5.54 Å². The Morgan fingerprint density at radius 2 is 1.71 bits per heavy atom. The monoisotopic (exact) mass is 428 g/mol. The van der Waals surface area contributed by atoms with Crippen molar-refractivity contribution in [1.29, 1.82) is 0 Å². The van der Waals surface area contributed by atoms with Crippen LogP contribution in [0.5, 0.6) is 0 Å². The maximum absolute atomic E-state index is 13.3. The molecule has 3 rings (SSSR count). The molecule has 0 aromatic heterocycles. The second kappa shape index (κ2) is 10.6. The van der Waals surface area contributed by atoms with E-state index in [1.807, 2.05) is 49.1 Å².